The molecule has 0 radical (unpaired) electrons. The minimum Gasteiger partial charge on any atom is -0.507 e. The first-order chi connectivity index (χ1) is 31.8. The van der Waals surface area contributed by atoms with Crippen molar-refractivity contribution in [1.82, 2.24) is 10.6 Å². The lowest BCUT2D eigenvalue weighted by atomic mass is 9.72. The van der Waals surface area contributed by atoms with Gasteiger partial charge in [0.15, 0.2) is 17.9 Å². The van der Waals surface area contributed by atoms with Crippen LogP contribution in [0.4, 0.5) is 4.79 Å². The Labute approximate surface area is 388 Å². The van der Waals surface area contributed by atoms with Gasteiger partial charge in [-0.2, -0.15) is 0 Å². The number of Topliss-reactive ketones (excluding diaryl/α,β-unsaturated/α-hetero) is 1. The number of carbonyl (C=O) groups excluding carboxylic acids is 4. The van der Waals surface area contributed by atoms with Crippen LogP contribution in [0.25, 0.3) is 0 Å². The molecule has 2 aromatic carbocycles. The summed E-state index contributed by atoms with van der Waals surface area (Å²) in [4.78, 5) is 53.0. The minimum absolute atomic E-state index is 0.0704. The number of benzene rings is 2. The molecule has 1 amide bonds. The topological polar surface area (TPSA) is 251 Å². The van der Waals surface area contributed by atoms with Gasteiger partial charge in [0.2, 0.25) is 5.78 Å². The van der Waals surface area contributed by atoms with Crippen molar-refractivity contribution >= 4 is 23.4 Å². The highest BCUT2D eigenvalue weighted by atomic mass is 16.7. The lowest BCUT2D eigenvalue weighted by molar-refractivity contribution is -0.251. The van der Waals surface area contributed by atoms with E-state index in [1.807, 2.05) is 0 Å². The number of unbranched alkanes of at least 4 members (excludes halogenated alkanes) is 12. The van der Waals surface area contributed by atoms with E-state index in [0.29, 0.717) is 13.0 Å². The van der Waals surface area contributed by atoms with Crippen LogP contribution in [-0.2, 0) is 25.4 Å². The molecule has 0 spiro atoms. The molecule has 16 nitrogen and oxygen atoms in total. The van der Waals surface area contributed by atoms with Gasteiger partial charge in [0.25, 0.3) is 0 Å². The van der Waals surface area contributed by atoms with E-state index in [2.05, 4.69) is 29.7 Å². The molecule has 5 rings (SSSR count). The Morgan fingerprint density at radius 3 is 2.23 bits per heavy atom. The molecule has 1 fully saturated rings. The van der Waals surface area contributed by atoms with Crippen molar-refractivity contribution in [3.05, 3.63) is 63.7 Å². The van der Waals surface area contributed by atoms with Crippen LogP contribution in [0.3, 0.4) is 0 Å². The summed E-state index contributed by atoms with van der Waals surface area (Å²) >= 11 is 0. The number of aromatic hydroxyl groups is 2. The molecule has 0 saturated carbocycles. The van der Waals surface area contributed by atoms with E-state index in [4.69, 9.17) is 18.9 Å². The van der Waals surface area contributed by atoms with Gasteiger partial charge in [-0.25, -0.2) is 4.79 Å². The molecule has 366 valence electrons. The number of methoxy groups -OCH3 is 1. The van der Waals surface area contributed by atoms with E-state index in [-0.39, 0.29) is 47.4 Å². The predicted molar refractivity (Wildman–Crippen MR) is 245 cm³/mol. The normalized spacial score (nSPS) is 23.0. The number of rotatable bonds is 27. The lowest BCUT2D eigenvalue weighted by Crippen LogP contribution is -2.56. The fourth-order valence-electron chi connectivity index (χ4n) is 9.26. The van der Waals surface area contributed by atoms with E-state index < -0.39 is 108 Å². The smallest absolute Gasteiger partial charge is 0.407 e. The molecule has 8 N–H and O–H groups in total. The maximum absolute atomic E-state index is 14.0. The van der Waals surface area contributed by atoms with Crippen LogP contribution >= 0.6 is 0 Å². The average Bonchev–Trinajstić information content (AvgIpc) is 3.30. The van der Waals surface area contributed by atoms with Crippen LogP contribution in [0, 0.1) is 0 Å². The van der Waals surface area contributed by atoms with Crippen LogP contribution in [0.5, 0.6) is 17.2 Å². The molecule has 66 heavy (non-hydrogen) atoms. The molecular weight excluding hydrogens is 853 g/mol. The van der Waals surface area contributed by atoms with Crippen LogP contribution < -0.4 is 15.4 Å². The van der Waals surface area contributed by atoms with Gasteiger partial charge >= 0.3 is 6.09 Å². The van der Waals surface area contributed by atoms with Gasteiger partial charge in [-0.15, -0.1) is 0 Å². The van der Waals surface area contributed by atoms with Crippen molar-refractivity contribution in [2.45, 2.75) is 178 Å². The van der Waals surface area contributed by atoms with E-state index in [1.54, 1.807) is 6.92 Å². The van der Waals surface area contributed by atoms with Gasteiger partial charge < -0.3 is 54.9 Å². The Balaban J connectivity index is 1.08. The molecule has 16 heteroatoms. The number of hydrogen-bond donors (Lipinski definition) is 8. The molecule has 7 unspecified atom stereocenters. The van der Waals surface area contributed by atoms with E-state index >= 15 is 0 Å². The van der Waals surface area contributed by atoms with Crippen molar-refractivity contribution in [2.75, 3.05) is 26.9 Å². The SMILES string of the molecule is CCCCCCCCC=CCCCCCCCCOC(=O)NCCCC(O)NC1CC(OC2CC(O)(C(=O)CO)Cc3c(O)c4c(c(O)c32)C(=O)c2c(OC)cccc2C4=O)OC(C)C1O. The number of ether oxygens (including phenoxy) is 4. The second kappa shape index (κ2) is 25.6. The summed E-state index contributed by atoms with van der Waals surface area (Å²) in [7, 11) is 1.32. The van der Waals surface area contributed by atoms with Gasteiger partial charge in [-0.05, 0) is 57.9 Å². The summed E-state index contributed by atoms with van der Waals surface area (Å²) in [5, 5.41) is 72.4. The van der Waals surface area contributed by atoms with Crippen LogP contribution in [-0.4, -0.2) is 117 Å². The first-order valence-corrected chi connectivity index (χ1v) is 24.0. The Morgan fingerprint density at radius 2 is 1.56 bits per heavy atom. The van der Waals surface area contributed by atoms with E-state index in [0.717, 1.165) is 32.1 Å². The number of phenols is 2. The molecule has 0 bridgehead atoms. The Bertz CT molecular complexity index is 1990. The zero-order valence-corrected chi connectivity index (χ0v) is 38.9. The minimum atomic E-state index is -2.33. The standard InChI is InChI=1S/C50H72N2O14/c1-4-5-6-7-8-9-10-11-12-13-14-15-16-17-18-19-26-64-49(61)51-25-21-24-38(55)52-34-27-39(65-31(2)44(34)56)66-36-29-50(62,37(54)30-53)28-33-41(36)48(60)43-42(46(33)58)45(57)32-22-20-23-35(63-3)40(32)47(43)59/h11-12,20,22-23,31,34,36,38-39,44,52-53,55-56,58,60,62H,4-10,13-19,21,24-30H2,1-3H3,(H,51,61). The Kier molecular flexibility index (Phi) is 20.4. The third-order valence-corrected chi connectivity index (χ3v) is 13.0. The molecule has 2 aliphatic carbocycles. The zero-order chi connectivity index (χ0) is 47.8. The summed E-state index contributed by atoms with van der Waals surface area (Å²) in [6.07, 6.45) is 14.4. The predicted octanol–water partition coefficient (Wildman–Crippen LogP) is 6.49. The average molecular weight is 925 g/mol. The third-order valence-electron chi connectivity index (χ3n) is 13.0. The highest BCUT2D eigenvalue weighted by Gasteiger charge is 2.50. The summed E-state index contributed by atoms with van der Waals surface area (Å²) in [5.74, 6) is -3.99. The molecule has 7 atom stereocenters. The fourth-order valence-corrected chi connectivity index (χ4v) is 9.26. The molecular formula is C50H72N2O14. The van der Waals surface area contributed by atoms with Crippen molar-refractivity contribution < 1.29 is 68.8 Å². The second-order valence-corrected chi connectivity index (χ2v) is 17.9. The van der Waals surface area contributed by atoms with Crippen molar-refractivity contribution in [3.63, 3.8) is 0 Å². The first-order valence-electron chi connectivity index (χ1n) is 24.0. The van der Waals surface area contributed by atoms with Gasteiger partial charge in [-0.1, -0.05) is 89.0 Å². The third kappa shape index (κ3) is 13.4. The van der Waals surface area contributed by atoms with Gasteiger partial charge in [0.05, 0.1) is 48.7 Å². The number of phenolic OH excluding ortho intramolecular Hbond substituents is 2. The molecule has 1 saturated heterocycles. The lowest BCUT2D eigenvalue weighted by Gasteiger charge is -2.43. The summed E-state index contributed by atoms with van der Waals surface area (Å²) < 4.78 is 22.9. The molecule has 3 aliphatic rings. The number of nitrogens with one attached hydrogen (secondary N) is 2. The number of allylic oxidation sites excluding steroid dienone is 2. The van der Waals surface area contributed by atoms with Gasteiger partial charge in [-0.3, -0.25) is 19.7 Å². The van der Waals surface area contributed by atoms with Crippen LogP contribution in [0.2, 0.25) is 0 Å². The molecule has 1 aliphatic heterocycles. The number of aliphatic hydroxyl groups is 4. The quantitative estimate of drug-likeness (QED) is 0.0176. The number of ketones is 3. The largest absolute Gasteiger partial charge is 0.507 e. The number of alkyl carbamates (subject to hydrolysis) is 1. The van der Waals surface area contributed by atoms with E-state index in [1.165, 1.54) is 83.1 Å². The van der Waals surface area contributed by atoms with Crippen molar-refractivity contribution in [2.24, 2.45) is 0 Å². The second-order valence-electron chi connectivity index (χ2n) is 17.9. The summed E-state index contributed by atoms with van der Waals surface area (Å²) in [6.45, 7) is 3.32. The zero-order valence-electron chi connectivity index (χ0n) is 38.9. The molecule has 1 heterocycles. The van der Waals surface area contributed by atoms with Crippen molar-refractivity contribution in [3.8, 4) is 17.2 Å². The maximum Gasteiger partial charge on any atom is 0.407 e. The maximum atomic E-state index is 14.0. The number of hydrogen-bond acceptors (Lipinski definition) is 15. The highest BCUT2D eigenvalue weighted by molar-refractivity contribution is 6.31. The monoisotopic (exact) mass is 924 g/mol. The Hall–Kier alpha value is -4.42. The molecule has 2 aromatic rings. The summed E-state index contributed by atoms with van der Waals surface area (Å²) in [6, 6.07) is 3.54. The molecule has 0 aromatic heterocycles. The summed E-state index contributed by atoms with van der Waals surface area (Å²) in [5.41, 5.74) is -3.95. The van der Waals surface area contributed by atoms with Crippen LogP contribution in [0.15, 0.2) is 30.4 Å². The highest BCUT2D eigenvalue weighted by Crippen LogP contribution is 2.52. The number of carbonyl (C=O) groups is 4. The van der Waals surface area contributed by atoms with Gasteiger partial charge in [0.1, 0.15) is 35.7 Å². The number of aliphatic hydroxyl groups excluding tert-OH is 3. The van der Waals surface area contributed by atoms with E-state index in [9.17, 15) is 49.8 Å². The fraction of sp³-hybridized carbons (Fsp3) is 0.640. The number of fused-ring (bicyclic) bond motifs is 3. The number of amides is 1. The Morgan fingerprint density at radius 1 is 0.909 bits per heavy atom. The van der Waals surface area contributed by atoms with Crippen molar-refractivity contribution in [1.29, 1.82) is 0 Å². The van der Waals surface area contributed by atoms with Gasteiger partial charge in [0, 0.05) is 48.5 Å². The van der Waals surface area contributed by atoms with Crippen LogP contribution in [0.1, 0.15) is 178 Å². The first kappa shape index (κ1) is 52.5.